The molecule has 0 heterocycles. The minimum atomic E-state index is -5.50. The highest BCUT2D eigenvalue weighted by molar-refractivity contribution is 7.87. The predicted octanol–water partition coefficient (Wildman–Crippen LogP) is 2.41. The number of allylic oxidation sites excluding steroid dienone is 2. The van der Waals surface area contributed by atoms with Gasteiger partial charge in [0.1, 0.15) is 5.76 Å². The summed E-state index contributed by atoms with van der Waals surface area (Å²) >= 11 is 0. The van der Waals surface area contributed by atoms with Crippen LogP contribution in [0.25, 0.3) is 0 Å². The largest absolute Gasteiger partial charge is 0.534 e. The average molecular weight is 244 g/mol. The molecule has 0 aromatic rings. The van der Waals surface area contributed by atoms with Crippen LogP contribution in [0.3, 0.4) is 0 Å². The number of rotatable bonds is 2. The van der Waals surface area contributed by atoms with E-state index in [1.807, 2.05) is 6.92 Å². The van der Waals surface area contributed by atoms with Gasteiger partial charge < -0.3 is 4.18 Å². The van der Waals surface area contributed by atoms with Gasteiger partial charge in [0.2, 0.25) is 0 Å². The third-order valence-corrected chi connectivity index (χ3v) is 3.37. The highest BCUT2D eigenvalue weighted by Gasteiger charge is 2.49. The summed E-state index contributed by atoms with van der Waals surface area (Å²) in [5, 5.41) is 0. The van der Waals surface area contributed by atoms with Crippen LogP contribution in [0.1, 0.15) is 20.3 Å². The second-order valence-corrected chi connectivity index (χ2v) is 5.19. The Bertz CT molecular complexity index is 369. The van der Waals surface area contributed by atoms with Gasteiger partial charge in [-0.25, -0.2) is 0 Å². The van der Waals surface area contributed by atoms with Gasteiger partial charge in [0.05, 0.1) is 0 Å². The molecular weight excluding hydrogens is 233 g/mol. The van der Waals surface area contributed by atoms with E-state index in [1.54, 1.807) is 6.92 Å². The minimum absolute atomic E-state index is 0.0310. The van der Waals surface area contributed by atoms with E-state index in [1.165, 1.54) is 6.08 Å². The van der Waals surface area contributed by atoms with E-state index in [9.17, 15) is 21.6 Å². The van der Waals surface area contributed by atoms with Crippen molar-refractivity contribution in [1.82, 2.24) is 0 Å². The van der Waals surface area contributed by atoms with Crippen LogP contribution in [-0.2, 0) is 14.3 Å². The zero-order valence-corrected chi connectivity index (χ0v) is 9.02. The van der Waals surface area contributed by atoms with Crippen LogP contribution in [0, 0.1) is 11.8 Å². The normalized spacial score (nSPS) is 27.7. The third kappa shape index (κ3) is 2.64. The molecule has 0 spiro atoms. The number of hydrogen-bond acceptors (Lipinski definition) is 3. The molecule has 0 aromatic carbocycles. The minimum Gasteiger partial charge on any atom is -0.381 e. The van der Waals surface area contributed by atoms with Crippen LogP contribution >= 0.6 is 0 Å². The van der Waals surface area contributed by atoms with Gasteiger partial charge in [-0.3, -0.25) is 0 Å². The molecular formula is C8H11F3O3S. The fraction of sp³-hybridized carbons (Fsp3) is 0.750. The van der Waals surface area contributed by atoms with Crippen molar-refractivity contribution in [2.24, 2.45) is 11.8 Å². The fourth-order valence-electron chi connectivity index (χ4n) is 1.28. The summed E-state index contributed by atoms with van der Waals surface area (Å²) in [5.74, 6) is 0.0131. The maximum Gasteiger partial charge on any atom is 0.534 e. The van der Waals surface area contributed by atoms with Crippen LogP contribution in [-0.4, -0.2) is 13.9 Å². The first-order valence-corrected chi connectivity index (χ1v) is 5.76. The lowest BCUT2D eigenvalue weighted by Crippen LogP contribution is -2.25. The van der Waals surface area contributed by atoms with E-state index >= 15 is 0 Å². The Morgan fingerprint density at radius 2 is 1.93 bits per heavy atom. The van der Waals surface area contributed by atoms with Crippen LogP contribution < -0.4 is 0 Å². The summed E-state index contributed by atoms with van der Waals surface area (Å²) in [4.78, 5) is 0. The standard InChI is InChI=1S/C8H11F3O3S/c1-5-3-7(4-6(5)2)14-15(12,13)8(9,10)11/h3,5-6H,4H2,1-2H3/t5-,6+/m1/s1. The molecule has 0 aromatic heterocycles. The summed E-state index contributed by atoms with van der Waals surface area (Å²) in [6.07, 6.45) is 1.63. The molecule has 0 N–H and O–H groups in total. The van der Waals surface area contributed by atoms with Crippen LogP contribution in [0.15, 0.2) is 11.8 Å². The molecule has 1 aliphatic rings. The highest BCUT2D eigenvalue weighted by Crippen LogP contribution is 2.34. The van der Waals surface area contributed by atoms with Crippen LogP contribution in [0.5, 0.6) is 0 Å². The Labute approximate surface area is 86.0 Å². The summed E-state index contributed by atoms with van der Waals surface area (Å²) in [5.41, 5.74) is -5.36. The van der Waals surface area contributed by atoms with Gasteiger partial charge >= 0.3 is 15.6 Å². The zero-order valence-electron chi connectivity index (χ0n) is 8.21. The quantitative estimate of drug-likeness (QED) is 0.553. The smallest absolute Gasteiger partial charge is 0.381 e. The Kier molecular flexibility index (Phi) is 3.04. The fourth-order valence-corrected chi connectivity index (χ4v) is 1.78. The summed E-state index contributed by atoms with van der Waals surface area (Å²) in [6.45, 7) is 3.61. The number of alkyl halides is 3. The lowest BCUT2D eigenvalue weighted by Gasteiger charge is -2.10. The first kappa shape index (κ1) is 12.4. The highest BCUT2D eigenvalue weighted by atomic mass is 32.2. The van der Waals surface area contributed by atoms with Crippen molar-refractivity contribution >= 4 is 10.1 Å². The van der Waals surface area contributed by atoms with Crippen molar-refractivity contribution in [3.63, 3.8) is 0 Å². The Balaban J connectivity index is 2.77. The third-order valence-electron chi connectivity index (χ3n) is 2.37. The molecule has 1 rings (SSSR count). The Morgan fingerprint density at radius 1 is 1.40 bits per heavy atom. The SMILES string of the molecule is C[C@@H]1C=C(OS(=O)(=O)C(F)(F)F)C[C@@H]1C. The van der Waals surface area contributed by atoms with Crippen molar-refractivity contribution < 1.29 is 25.8 Å². The summed E-state index contributed by atoms with van der Waals surface area (Å²) in [6, 6.07) is 0. The van der Waals surface area contributed by atoms with E-state index in [4.69, 9.17) is 0 Å². The molecule has 1 aliphatic carbocycles. The maximum atomic E-state index is 11.9. The van der Waals surface area contributed by atoms with Crippen molar-refractivity contribution in [2.75, 3.05) is 0 Å². The van der Waals surface area contributed by atoms with Crippen molar-refractivity contribution in [2.45, 2.75) is 25.8 Å². The maximum absolute atomic E-state index is 11.9. The zero-order chi connectivity index (χ0) is 11.9. The molecule has 0 radical (unpaired) electrons. The second kappa shape index (κ2) is 3.70. The lowest BCUT2D eigenvalue weighted by atomic mass is 10.0. The molecule has 3 nitrogen and oxygen atoms in total. The molecule has 2 atom stereocenters. The van der Waals surface area contributed by atoms with Gasteiger partial charge in [-0.1, -0.05) is 13.8 Å². The monoisotopic (exact) mass is 244 g/mol. The second-order valence-electron chi connectivity index (χ2n) is 3.66. The van der Waals surface area contributed by atoms with Gasteiger partial charge in [-0.05, 0) is 17.9 Å². The molecule has 0 saturated heterocycles. The Morgan fingerprint density at radius 3 is 2.27 bits per heavy atom. The van der Waals surface area contributed by atoms with Crippen molar-refractivity contribution in [1.29, 1.82) is 0 Å². The molecule has 7 heteroatoms. The van der Waals surface area contributed by atoms with E-state index in [0.29, 0.717) is 0 Å². The van der Waals surface area contributed by atoms with Gasteiger partial charge in [-0.15, -0.1) is 0 Å². The molecule has 0 aliphatic heterocycles. The first-order valence-electron chi connectivity index (χ1n) is 4.35. The topological polar surface area (TPSA) is 43.4 Å². The van der Waals surface area contributed by atoms with E-state index in [0.717, 1.165) is 0 Å². The Hall–Kier alpha value is -0.720. The van der Waals surface area contributed by atoms with Crippen LogP contribution in [0.2, 0.25) is 0 Å². The van der Waals surface area contributed by atoms with Gasteiger partial charge in [-0.2, -0.15) is 21.6 Å². The van der Waals surface area contributed by atoms with E-state index in [2.05, 4.69) is 4.18 Å². The molecule has 0 amide bonds. The molecule has 0 fully saturated rings. The lowest BCUT2D eigenvalue weighted by molar-refractivity contribution is -0.0523. The molecule has 0 saturated carbocycles. The van der Waals surface area contributed by atoms with Gasteiger partial charge in [0.15, 0.2) is 0 Å². The summed E-state index contributed by atoms with van der Waals surface area (Å²) < 4.78 is 61.1. The van der Waals surface area contributed by atoms with Gasteiger partial charge in [0, 0.05) is 6.42 Å². The average Bonchev–Trinajstić information content (AvgIpc) is 2.27. The molecule has 0 bridgehead atoms. The van der Waals surface area contributed by atoms with Gasteiger partial charge in [0.25, 0.3) is 0 Å². The van der Waals surface area contributed by atoms with Crippen molar-refractivity contribution in [3.05, 3.63) is 11.8 Å². The van der Waals surface area contributed by atoms with Crippen LogP contribution in [0.4, 0.5) is 13.2 Å². The molecule has 0 unspecified atom stereocenters. The number of halogens is 3. The molecule has 88 valence electrons. The summed E-state index contributed by atoms with van der Waals surface area (Å²) in [7, 11) is -5.50. The first-order chi connectivity index (χ1) is 6.63. The predicted molar refractivity (Wildman–Crippen MR) is 47.1 cm³/mol. The van der Waals surface area contributed by atoms with Crippen molar-refractivity contribution in [3.8, 4) is 0 Å². The number of hydrogen-bond donors (Lipinski definition) is 0. The van der Waals surface area contributed by atoms with E-state index in [-0.39, 0.29) is 24.0 Å². The van der Waals surface area contributed by atoms with E-state index < -0.39 is 15.6 Å². The molecule has 15 heavy (non-hydrogen) atoms.